The monoisotopic (exact) mass is 246 g/mol. The van der Waals surface area contributed by atoms with Crippen molar-refractivity contribution in [2.45, 2.75) is 38.7 Å². The van der Waals surface area contributed by atoms with Crippen LogP contribution in [-0.2, 0) is 11.2 Å². The van der Waals surface area contributed by atoms with E-state index in [1.165, 1.54) is 36.1 Å². The molecule has 3 nitrogen and oxygen atoms in total. The van der Waals surface area contributed by atoms with Crippen molar-refractivity contribution < 1.29 is 4.74 Å². The fraction of sp³-hybridized carbons (Fsp3) is 0.600. The Morgan fingerprint density at radius 1 is 1.39 bits per heavy atom. The van der Waals surface area contributed by atoms with E-state index in [2.05, 4.69) is 24.0 Å². The van der Waals surface area contributed by atoms with Crippen molar-refractivity contribution in [2.75, 3.05) is 30.3 Å². The molecule has 0 saturated carbocycles. The van der Waals surface area contributed by atoms with Crippen LogP contribution >= 0.6 is 0 Å². The first-order chi connectivity index (χ1) is 8.74. The van der Waals surface area contributed by atoms with Crippen LogP contribution in [0.3, 0.4) is 0 Å². The van der Waals surface area contributed by atoms with Crippen molar-refractivity contribution in [1.29, 1.82) is 0 Å². The standard InChI is InChI=1S/C15H22N2O/c1-11-8-12-5-6-17(15(12)9-14(11)16)10-13-4-2-3-7-18-13/h8-9,13H,2-7,10,16H2,1H3. The number of hydrogen-bond donors (Lipinski definition) is 1. The SMILES string of the molecule is Cc1cc2c(cc1N)N(CC1CCCCO1)CC2. The van der Waals surface area contributed by atoms with Crippen LogP contribution in [0.4, 0.5) is 11.4 Å². The second kappa shape index (κ2) is 4.81. The van der Waals surface area contributed by atoms with Gasteiger partial charge in [-0.3, -0.25) is 0 Å². The molecule has 3 heteroatoms. The molecule has 0 aliphatic carbocycles. The summed E-state index contributed by atoms with van der Waals surface area (Å²) in [7, 11) is 0. The van der Waals surface area contributed by atoms with Crippen molar-refractivity contribution >= 4 is 11.4 Å². The van der Waals surface area contributed by atoms with Gasteiger partial charge in [0, 0.05) is 31.1 Å². The number of ether oxygens (including phenoxy) is 1. The van der Waals surface area contributed by atoms with Gasteiger partial charge in [-0.1, -0.05) is 6.07 Å². The van der Waals surface area contributed by atoms with Gasteiger partial charge in [-0.2, -0.15) is 0 Å². The molecule has 2 heterocycles. The number of fused-ring (bicyclic) bond motifs is 1. The minimum absolute atomic E-state index is 0.409. The highest BCUT2D eigenvalue weighted by Crippen LogP contribution is 2.32. The van der Waals surface area contributed by atoms with Gasteiger partial charge in [-0.15, -0.1) is 0 Å². The summed E-state index contributed by atoms with van der Waals surface area (Å²) in [5.74, 6) is 0. The molecular weight excluding hydrogens is 224 g/mol. The molecular formula is C15H22N2O. The summed E-state index contributed by atoms with van der Waals surface area (Å²) in [5, 5.41) is 0. The zero-order valence-electron chi connectivity index (χ0n) is 11.1. The second-order valence-electron chi connectivity index (χ2n) is 5.52. The van der Waals surface area contributed by atoms with Gasteiger partial charge in [0.1, 0.15) is 0 Å². The van der Waals surface area contributed by atoms with Crippen LogP contribution in [0, 0.1) is 6.92 Å². The van der Waals surface area contributed by atoms with Gasteiger partial charge >= 0.3 is 0 Å². The van der Waals surface area contributed by atoms with E-state index in [1.54, 1.807) is 0 Å². The molecule has 2 N–H and O–H groups in total. The van der Waals surface area contributed by atoms with Gasteiger partial charge in [0.15, 0.2) is 0 Å². The minimum atomic E-state index is 0.409. The normalized spacial score (nSPS) is 23.2. The van der Waals surface area contributed by atoms with Crippen LogP contribution in [0.5, 0.6) is 0 Å². The lowest BCUT2D eigenvalue weighted by molar-refractivity contribution is 0.0212. The maximum Gasteiger partial charge on any atom is 0.0749 e. The summed E-state index contributed by atoms with van der Waals surface area (Å²) < 4.78 is 5.84. The molecule has 0 amide bonds. The van der Waals surface area contributed by atoms with E-state index in [1.807, 2.05) is 0 Å². The molecule has 1 fully saturated rings. The van der Waals surface area contributed by atoms with E-state index in [0.29, 0.717) is 6.10 Å². The molecule has 1 atom stereocenters. The van der Waals surface area contributed by atoms with Gasteiger partial charge in [-0.05, 0) is 49.8 Å². The number of aryl methyl sites for hydroxylation is 1. The Morgan fingerprint density at radius 3 is 3.06 bits per heavy atom. The first-order valence-corrected chi connectivity index (χ1v) is 6.99. The number of rotatable bonds is 2. The summed E-state index contributed by atoms with van der Waals surface area (Å²) in [4.78, 5) is 2.45. The van der Waals surface area contributed by atoms with Gasteiger partial charge < -0.3 is 15.4 Å². The Morgan fingerprint density at radius 2 is 2.28 bits per heavy atom. The molecule has 2 aliphatic heterocycles. The topological polar surface area (TPSA) is 38.5 Å². The summed E-state index contributed by atoms with van der Waals surface area (Å²) in [6, 6.07) is 4.38. The maximum atomic E-state index is 6.03. The highest BCUT2D eigenvalue weighted by atomic mass is 16.5. The molecule has 18 heavy (non-hydrogen) atoms. The first kappa shape index (κ1) is 11.8. The quantitative estimate of drug-likeness (QED) is 0.815. The van der Waals surface area contributed by atoms with Gasteiger partial charge in [0.25, 0.3) is 0 Å². The first-order valence-electron chi connectivity index (χ1n) is 6.99. The molecule has 0 aromatic heterocycles. The molecule has 0 spiro atoms. The lowest BCUT2D eigenvalue weighted by atomic mass is 10.1. The van der Waals surface area contributed by atoms with E-state index in [-0.39, 0.29) is 0 Å². The van der Waals surface area contributed by atoms with Crippen LogP contribution in [0.25, 0.3) is 0 Å². The Balaban J connectivity index is 1.75. The Labute approximate surface area is 109 Å². The highest BCUT2D eigenvalue weighted by Gasteiger charge is 2.24. The van der Waals surface area contributed by atoms with Crippen molar-refractivity contribution in [2.24, 2.45) is 0 Å². The third kappa shape index (κ3) is 2.19. The largest absolute Gasteiger partial charge is 0.398 e. The molecule has 1 saturated heterocycles. The number of hydrogen-bond acceptors (Lipinski definition) is 3. The predicted octanol–water partition coefficient (Wildman–Crippen LogP) is 2.51. The van der Waals surface area contributed by atoms with Crippen molar-refractivity contribution in [3.8, 4) is 0 Å². The lowest BCUT2D eigenvalue weighted by Crippen LogP contribution is -2.34. The fourth-order valence-electron chi connectivity index (χ4n) is 3.03. The number of benzene rings is 1. The number of nitrogens with two attached hydrogens (primary N) is 1. The predicted molar refractivity (Wildman–Crippen MR) is 75.1 cm³/mol. The average molecular weight is 246 g/mol. The molecule has 1 unspecified atom stereocenters. The molecule has 2 aliphatic rings. The summed E-state index contributed by atoms with van der Waals surface area (Å²) >= 11 is 0. The lowest BCUT2D eigenvalue weighted by Gasteiger charge is -2.29. The Hall–Kier alpha value is -1.22. The third-order valence-corrected chi connectivity index (χ3v) is 4.16. The molecule has 0 radical (unpaired) electrons. The molecule has 1 aromatic rings. The van der Waals surface area contributed by atoms with Crippen LogP contribution < -0.4 is 10.6 Å². The summed E-state index contributed by atoms with van der Waals surface area (Å²) in [6.45, 7) is 5.15. The molecule has 0 bridgehead atoms. The summed E-state index contributed by atoms with van der Waals surface area (Å²) in [5.41, 5.74) is 10.9. The van der Waals surface area contributed by atoms with E-state index in [9.17, 15) is 0 Å². The van der Waals surface area contributed by atoms with Crippen molar-refractivity contribution in [1.82, 2.24) is 0 Å². The zero-order chi connectivity index (χ0) is 12.5. The second-order valence-corrected chi connectivity index (χ2v) is 5.52. The third-order valence-electron chi connectivity index (χ3n) is 4.16. The van der Waals surface area contributed by atoms with Gasteiger partial charge in [0.2, 0.25) is 0 Å². The number of anilines is 2. The van der Waals surface area contributed by atoms with Gasteiger partial charge in [-0.25, -0.2) is 0 Å². The fourth-order valence-corrected chi connectivity index (χ4v) is 3.03. The summed E-state index contributed by atoms with van der Waals surface area (Å²) in [6.07, 6.45) is 5.28. The smallest absolute Gasteiger partial charge is 0.0749 e. The van der Waals surface area contributed by atoms with Crippen LogP contribution in [-0.4, -0.2) is 25.8 Å². The Bertz CT molecular complexity index is 438. The van der Waals surface area contributed by atoms with E-state index >= 15 is 0 Å². The number of nitrogens with zero attached hydrogens (tertiary/aromatic N) is 1. The van der Waals surface area contributed by atoms with Crippen molar-refractivity contribution in [3.63, 3.8) is 0 Å². The maximum absolute atomic E-state index is 6.03. The number of nitrogen functional groups attached to an aromatic ring is 1. The van der Waals surface area contributed by atoms with Crippen LogP contribution in [0.2, 0.25) is 0 Å². The Kier molecular flexibility index (Phi) is 3.16. The van der Waals surface area contributed by atoms with Crippen LogP contribution in [0.1, 0.15) is 30.4 Å². The molecule has 3 rings (SSSR count). The molecule has 98 valence electrons. The van der Waals surface area contributed by atoms with Crippen molar-refractivity contribution in [3.05, 3.63) is 23.3 Å². The van der Waals surface area contributed by atoms with Crippen LogP contribution in [0.15, 0.2) is 12.1 Å². The van der Waals surface area contributed by atoms with E-state index in [0.717, 1.165) is 31.8 Å². The minimum Gasteiger partial charge on any atom is -0.398 e. The molecule has 1 aromatic carbocycles. The zero-order valence-corrected chi connectivity index (χ0v) is 11.1. The van der Waals surface area contributed by atoms with E-state index in [4.69, 9.17) is 10.5 Å². The van der Waals surface area contributed by atoms with Gasteiger partial charge in [0.05, 0.1) is 6.10 Å². The highest BCUT2D eigenvalue weighted by molar-refractivity contribution is 5.67. The average Bonchev–Trinajstić information content (AvgIpc) is 2.74. The van der Waals surface area contributed by atoms with E-state index < -0.39 is 0 Å².